The topological polar surface area (TPSA) is 78.8 Å². The molecule has 0 aliphatic heterocycles. The number of aromatic nitrogens is 4. The van der Waals surface area contributed by atoms with Crippen molar-refractivity contribution in [1.82, 2.24) is 19.7 Å². The van der Waals surface area contributed by atoms with Gasteiger partial charge in [-0.25, -0.2) is 9.97 Å². The van der Waals surface area contributed by atoms with Crippen molar-refractivity contribution < 1.29 is 4.74 Å². The summed E-state index contributed by atoms with van der Waals surface area (Å²) in [6.45, 7) is 0.610. The molecule has 2 N–H and O–H groups in total. The van der Waals surface area contributed by atoms with E-state index in [0.717, 1.165) is 22.4 Å². The molecular weight excluding hydrogens is 326 g/mol. The second kappa shape index (κ2) is 7.06. The first-order valence-corrected chi connectivity index (χ1v) is 8.19. The molecule has 0 unspecified atom stereocenters. The number of hydrogen-bond donors (Lipinski definition) is 1. The van der Waals surface area contributed by atoms with E-state index in [0.29, 0.717) is 18.2 Å². The van der Waals surface area contributed by atoms with Gasteiger partial charge in [0.05, 0.1) is 12.7 Å². The van der Waals surface area contributed by atoms with Crippen LogP contribution in [0.1, 0.15) is 5.56 Å². The maximum Gasteiger partial charge on any atom is 0.219 e. The lowest BCUT2D eigenvalue weighted by molar-refractivity contribution is 0.462. The molecule has 0 saturated heterocycles. The van der Waals surface area contributed by atoms with E-state index in [2.05, 4.69) is 15.1 Å². The number of ether oxygens (including phenoxy) is 1. The summed E-state index contributed by atoms with van der Waals surface area (Å²) in [7, 11) is 0. The third-order valence-electron chi connectivity index (χ3n) is 3.89. The zero-order chi connectivity index (χ0) is 17.8. The summed E-state index contributed by atoms with van der Waals surface area (Å²) in [6.07, 6.45) is 7.20. The van der Waals surface area contributed by atoms with E-state index in [4.69, 9.17) is 10.5 Å². The molecule has 4 rings (SSSR count). The molecule has 6 heteroatoms. The van der Waals surface area contributed by atoms with Crippen LogP contribution in [-0.4, -0.2) is 19.7 Å². The van der Waals surface area contributed by atoms with Gasteiger partial charge in [0.15, 0.2) is 0 Å². The minimum atomic E-state index is 0.496. The highest BCUT2D eigenvalue weighted by molar-refractivity contribution is 5.72. The first-order valence-electron chi connectivity index (χ1n) is 8.19. The Morgan fingerprint density at radius 3 is 2.58 bits per heavy atom. The van der Waals surface area contributed by atoms with Crippen molar-refractivity contribution in [3.8, 4) is 22.8 Å². The van der Waals surface area contributed by atoms with Crippen LogP contribution in [0.3, 0.4) is 0 Å². The highest BCUT2D eigenvalue weighted by Crippen LogP contribution is 2.23. The van der Waals surface area contributed by atoms with Gasteiger partial charge in [-0.05, 0) is 29.8 Å². The Labute approximate surface area is 150 Å². The Balaban J connectivity index is 1.46. The van der Waals surface area contributed by atoms with Crippen molar-refractivity contribution >= 4 is 5.82 Å². The Morgan fingerprint density at radius 2 is 1.81 bits per heavy atom. The molecule has 0 aliphatic rings. The van der Waals surface area contributed by atoms with Gasteiger partial charge in [-0.2, -0.15) is 5.10 Å². The van der Waals surface area contributed by atoms with E-state index in [-0.39, 0.29) is 0 Å². The Morgan fingerprint density at radius 1 is 0.923 bits per heavy atom. The molecule has 0 radical (unpaired) electrons. The number of para-hydroxylation sites is 1. The molecule has 4 aromatic rings. The SMILES string of the molecule is Nc1ncccc1-c1cnn(Cc2ccc(Oc3ccccc3)nc2)c1. The van der Waals surface area contributed by atoms with Crippen molar-refractivity contribution in [2.24, 2.45) is 0 Å². The molecule has 128 valence electrons. The Kier molecular flexibility index (Phi) is 4.30. The third kappa shape index (κ3) is 3.54. The van der Waals surface area contributed by atoms with Crippen molar-refractivity contribution in [2.75, 3.05) is 5.73 Å². The quantitative estimate of drug-likeness (QED) is 0.597. The van der Waals surface area contributed by atoms with Gasteiger partial charge < -0.3 is 10.5 Å². The zero-order valence-electron chi connectivity index (χ0n) is 14.0. The van der Waals surface area contributed by atoms with Gasteiger partial charge in [0.25, 0.3) is 0 Å². The largest absolute Gasteiger partial charge is 0.439 e. The predicted octanol–water partition coefficient (Wildman–Crippen LogP) is 3.76. The second-order valence-corrected chi connectivity index (χ2v) is 5.78. The lowest BCUT2D eigenvalue weighted by Crippen LogP contribution is -2.00. The van der Waals surface area contributed by atoms with Gasteiger partial charge in [0.2, 0.25) is 5.88 Å². The number of pyridine rings is 2. The van der Waals surface area contributed by atoms with Crippen LogP contribution in [0.5, 0.6) is 11.6 Å². The molecule has 0 saturated carbocycles. The van der Waals surface area contributed by atoms with Gasteiger partial charge in [-0.3, -0.25) is 4.68 Å². The summed E-state index contributed by atoms with van der Waals surface area (Å²) in [6, 6.07) is 17.2. The number of benzene rings is 1. The third-order valence-corrected chi connectivity index (χ3v) is 3.89. The van der Waals surface area contributed by atoms with E-state index in [1.807, 2.05) is 65.5 Å². The fourth-order valence-corrected chi connectivity index (χ4v) is 2.61. The van der Waals surface area contributed by atoms with E-state index in [9.17, 15) is 0 Å². The molecule has 0 bridgehead atoms. The monoisotopic (exact) mass is 343 g/mol. The molecule has 3 heterocycles. The summed E-state index contributed by atoms with van der Waals surface area (Å²) in [4.78, 5) is 8.47. The van der Waals surface area contributed by atoms with Crippen LogP contribution in [0.4, 0.5) is 5.82 Å². The molecule has 6 nitrogen and oxygen atoms in total. The standard InChI is InChI=1S/C20H17N5O/c21-20-18(7-4-10-22-20)16-12-24-25(14-16)13-15-8-9-19(23-11-15)26-17-5-2-1-3-6-17/h1-12,14H,13H2,(H2,21,22). The molecule has 0 amide bonds. The smallest absolute Gasteiger partial charge is 0.219 e. The first-order chi connectivity index (χ1) is 12.8. The Bertz CT molecular complexity index is 996. The first kappa shape index (κ1) is 15.8. The van der Waals surface area contributed by atoms with Crippen LogP contribution >= 0.6 is 0 Å². The van der Waals surface area contributed by atoms with Crippen LogP contribution in [0.25, 0.3) is 11.1 Å². The normalized spacial score (nSPS) is 10.6. The molecular formula is C20H17N5O. The van der Waals surface area contributed by atoms with Gasteiger partial charge in [-0.1, -0.05) is 24.3 Å². The summed E-state index contributed by atoms with van der Waals surface area (Å²) in [5, 5.41) is 4.39. The lowest BCUT2D eigenvalue weighted by atomic mass is 10.1. The van der Waals surface area contributed by atoms with Gasteiger partial charge in [0, 0.05) is 35.8 Å². The summed E-state index contributed by atoms with van der Waals surface area (Å²) in [5.74, 6) is 1.82. The average molecular weight is 343 g/mol. The van der Waals surface area contributed by atoms with E-state index in [1.54, 1.807) is 18.6 Å². The van der Waals surface area contributed by atoms with Gasteiger partial charge >= 0.3 is 0 Å². The molecule has 0 fully saturated rings. The predicted molar refractivity (Wildman–Crippen MR) is 99.7 cm³/mol. The van der Waals surface area contributed by atoms with Crippen LogP contribution < -0.4 is 10.5 Å². The number of rotatable bonds is 5. The summed E-state index contributed by atoms with van der Waals surface area (Å²) >= 11 is 0. The number of nitrogen functional groups attached to an aromatic ring is 1. The lowest BCUT2D eigenvalue weighted by Gasteiger charge is -2.06. The maximum atomic E-state index is 5.92. The van der Waals surface area contributed by atoms with E-state index >= 15 is 0 Å². The van der Waals surface area contributed by atoms with Crippen molar-refractivity contribution in [2.45, 2.75) is 6.54 Å². The van der Waals surface area contributed by atoms with Crippen LogP contribution in [-0.2, 0) is 6.54 Å². The molecule has 0 atom stereocenters. The van der Waals surface area contributed by atoms with Crippen LogP contribution in [0, 0.1) is 0 Å². The number of anilines is 1. The van der Waals surface area contributed by atoms with Crippen LogP contribution in [0.15, 0.2) is 79.4 Å². The fraction of sp³-hybridized carbons (Fsp3) is 0.0500. The molecule has 1 aromatic carbocycles. The second-order valence-electron chi connectivity index (χ2n) is 5.78. The molecule has 0 aliphatic carbocycles. The number of hydrogen-bond acceptors (Lipinski definition) is 5. The minimum absolute atomic E-state index is 0.496. The highest BCUT2D eigenvalue weighted by Gasteiger charge is 2.07. The minimum Gasteiger partial charge on any atom is -0.439 e. The number of nitrogens with two attached hydrogens (primary N) is 1. The fourth-order valence-electron chi connectivity index (χ4n) is 2.61. The molecule has 26 heavy (non-hydrogen) atoms. The number of nitrogens with zero attached hydrogens (tertiary/aromatic N) is 4. The summed E-state index contributed by atoms with van der Waals surface area (Å²) < 4.78 is 7.55. The maximum absolute atomic E-state index is 5.92. The van der Waals surface area contributed by atoms with Crippen molar-refractivity contribution in [3.05, 3.63) is 84.9 Å². The van der Waals surface area contributed by atoms with E-state index in [1.165, 1.54) is 0 Å². The highest BCUT2D eigenvalue weighted by atomic mass is 16.5. The van der Waals surface area contributed by atoms with Crippen LogP contribution in [0.2, 0.25) is 0 Å². The van der Waals surface area contributed by atoms with Crippen molar-refractivity contribution in [3.63, 3.8) is 0 Å². The zero-order valence-corrected chi connectivity index (χ0v) is 14.0. The average Bonchev–Trinajstić information content (AvgIpc) is 3.13. The summed E-state index contributed by atoms with van der Waals surface area (Å²) in [5.41, 5.74) is 8.77. The van der Waals surface area contributed by atoms with Gasteiger partial charge in [0.1, 0.15) is 11.6 Å². The molecule has 0 spiro atoms. The van der Waals surface area contributed by atoms with E-state index < -0.39 is 0 Å². The Hall–Kier alpha value is -3.67. The van der Waals surface area contributed by atoms with Crippen molar-refractivity contribution in [1.29, 1.82) is 0 Å². The van der Waals surface area contributed by atoms with Gasteiger partial charge in [-0.15, -0.1) is 0 Å². The molecule has 3 aromatic heterocycles.